The van der Waals surface area contributed by atoms with Crippen molar-refractivity contribution in [1.29, 1.82) is 0 Å². The third-order valence-corrected chi connectivity index (χ3v) is 4.52. The molecule has 0 amide bonds. The maximum atomic E-state index is 12.6. The average Bonchev–Trinajstić information content (AvgIpc) is 3.12. The van der Waals surface area contributed by atoms with Crippen LogP contribution < -0.4 is 4.74 Å². The Bertz CT molecular complexity index is 1130. The SMILES string of the molecule is CCOC(=O)c1c(-c2ccc(OCc3ccccc3)cc2)oc2ccc(O)cc12. The molecule has 1 N–H and O–H groups in total. The number of furan rings is 1. The molecule has 0 spiro atoms. The fourth-order valence-corrected chi connectivity index (χ4v) is 3.14. The van der Waals surface area contributed by atoms with Crippen LogP contribution in [0.4, 0.5) is 0 Å². The van der Waals surface area contributed by atoms with Crippen LogP contribution in [-0.4, -0.2) is 17.7 Å². The van der Waals surface area contributed by atoms with E-state index >= 15 is 0 Å². The molecule has 3 aromatic carbocycles. The fourth-order valence-electron chi connectivity index (χ4n) is 3.14. The summed E-state index contributed by atoms with van der Waals surface area (Å²) in [6.45, 7) is 2.46. The van der Waals surface area contributed by atoms with Crippen LogP contribution in [0.3, 0.4) is 0 Å². The summed E-state index contributed by atoms with van der Waals surface area (Å²) in [5, 5.41) is 10.3. The molecule has 0 saturated carbocycles. The Hall–Kier alpha value is -3.73. The van der Waals surface area contributed by atoms with E-state index < -0.39 is 5.97 Å². The zero-order valence-electron chi connectivity index (χ0n) is 15.9. The van der Waals surface area contributed by atoms with Crippen LogP contribution in [0, 0.1) is 0 Å². The lowest BCUT2D eigenvalue weighted by molar-refractivity contribution is 0.0529. The smallest absolute Gasteiger partial charge is 0.342 e. The molecule has 0 unspecified atom stereocenters. The van der Waals surface area contributed by atoms with Crippen LogP contribution in [0.2, 0.25) is 0 Å². The van der Waals surface area contributed by atoms with E-state index in [9.17, 15) is 9.90 Å². The number of ether oxygens (including phenoxy) is 2. The minimum atomic E-state index is -0.490. The molecular weight excluding hydrogens is 368 g/mol. The van der Waals surface area contributed by atoms with Crippen molar-refractivity contribution < 1.29 is 23.8 Å². The number of fused-ring (bicyclic) bond motifs is 1. The van der Waals surface area contributed by atoms with E-state index in [1.807, 2.05) is 54.6 Å². The van der Waals surface area contributed by atoms with Crippen LogP contribution in [0.15, 0.2) is 77.2 Å². The highest BCUT2D eigenvalue weighted by atomic mass is 16.5. The first-order valence-electron chi connectivity index (χ1n) is 9.35. The summed E-state index contributed by atoms with van der Waals surface area (Å²) in [4.78, 5) is 12.6. The Balaban J connectivity index is 1.65. The quantitative estimate of drug-likeness (QED) is 0.438. The van der Waals surface area contributed by atoms with Gasteiger partial charge in [0.05, 0.1) is 6.61 Å². The van der Waals surface area contributed by atoms with Crippen molar-refractivity contribution in [1.82, 2.24) is 0 Å². The topological polar surface area (TPSA) is 68.9 Å². The van der Waals surface area contributed by atoms with E-state index in [1.165, 1.54) is 12.1 Å². The number of hydrogen-bond donors (Lipinski definition) is 1. The lowest BCUT2D eigenvalue weighted by Gasteiger charge is -2.07. The van der Waals surface area contributed by atoms with Crippen LogP contribution in [0.25, 0.3) is 22.3 Å². The van der Waals surface area contributed by atoms with Crippen LogP contribution in [-0.2, 0) is 11.3 Å². The van der Waals surface area contributed by atoms with E-state index in [4.69, 9.17) is 13.9 Å². The van der Waals surface area contributed by atoms with Gasteiger partial charge in [-0.2, -0.15) is 0 Å². The van der Waals surface area contributed by atoms with Crippen LogP contribution in [0.5, 0.6) is 11.5 Å². The van der Waals surface area contributed by atoms with Gasteiger partial charge < -0.3 is 19.0 Å². The molecule has 4 aromatic rings. The molecule has 0 aliphatic carbocycles. The highest BCUT2D eigenvalue weighted by molar-refractivity contribution is 6.09. The molecule has 0 saturated heterocycles. The number of phenolic OH excluding ortho intramolecular Hbond substituents is 1. The molecular formula is C24H20O5. The molecule has 5 heteroatoms. The van der Waals surface area contributed by atoms with Crippen molar-refractivity contribution in [3.05, 3.63) is 83.9 Å². The molecule has 0 radical (unpaired) electrons. The van der Waals surface area contributed by atoms with E-state index in [0.29, 0.717) is 34.6 Å². The van der Waals surface area contributed by atoms with Gasteiger partial charge >= 0.3 is 5.97 Å². The summed E-state index contributed by atoms with van der Waals surface area (Å²) in [6, 6.07) is 21.9. The summed E-state index contributed by atoms with van der Waals surface area (Å²) in [5.74, 6) is 0.680. The Kier molecular flexibility index (Phi) is 5.20. The van der Waals surface area contributed by atoms with Crippen molar-refractivity contribution in [3.63, 3.8) is 0 Å². The minimum Gasteiger partial charge on any atom is -0.508 e. The molecule has 146 valence electrons. The number of carbonyl (C=O) groups is 1. The fraction of sp³-hybridized carbons (Fsp3) is 0.125. The lowest BCUT2D eigenvalue weighted by Crippen LogP contribution is -2.05. The van der Waals surface area contributed by atoms with E-state index in [0.717, 1.165) is 11.1 Å². The normalized spacial score (nSPS) is 10.8. The summed E-state index contributed by atoms with van der Waals surface area (Å²) in [7, 11) is 0. The first kappa shape index (κ1) is 18.6. The predicted octanol–water partition coefficient (Wildman–Crippen LogP) is 5.56. The summed E-state index contributed by atoms with van der Waals surface area (Å²) in [5.41, 5.74) is 2.61. The van der Waals surface area contributed by atoms with Gasteiger partial charge in [-0.3, -0.25) is 0 Å². The van der Waals surface area contributed by atoms with Crippen molar-refractivity contribution in [2.75, 3.05) is 6.61 Å². The monoisotopic (exact) mass is 388 g/mol. The molecule has 0 aliphatic heterocycles. The second-order valence-corrected chi connectivity index (χ2v) is 6.51. The van der Waals surface area contributed by atoms with Crippen molar-refractivity contribution in [2.45, 2.75) is 13.5 Å². The van der Waals surface area contributed by atoms with Gasteiger partial charge in [-0.25, -0.2) is 4.79 Å². The Morgan fingerprint density at radius 2 is 1.76 bits per heavy atom. The molecule has 0 fully saturated rings. The summed E-state index contributed by atoms with van der Waals surface area (Å²) < 4.78 is 16.9. The number of benzene rings is 3. The molecule has 1 heterocycles. The van der Waals surface area contributed by atoms with Crippen LogP contribution in [0.1, 0.15) is 22.8 Å². The molecule has 5 nitrogen and oxygen atoms in total. The second-order valence-electron chi connectivity index (χ2n) is 6.51. The third kappa shape index (κ3) is 3.94. The molecule has 29 heavy (non-hydrogen) atoms. The molecule has 1 aromatic heterocycles. The largest absolute Gasteiger partial charge is 0.508 e. The van der Waals surface area contributed by atoms with E-state index in [1.54, 1.807) is 13.0 Å². The zero-order chi connectivity index (χ0) is 20.2. The van der Waals surface area contributed by atoms with Gasteiger partial charge in [-0.1, -0.05) is 30.3 Å². The average molecular weight is 388 g/mol. The van der Waals surface area contributed by atoms with Crippen molar-refractivity contribution >= 4 is 16.9 Å². The van der Waals surface area contributed by atoms with E-state index in [2.05, 4.69) is 0 Å². The Morgan fingerprint density at radius 1 is 1.00 bits per heavy atom. The van der Waals surface area contributed by atoms with E-state index in [-0.39, 0.29) is 12.4 Å². The van der Waals surface area contributed by atoms with Gasteiger partial charge in [0.2, 0.25) is 0 Å². The Labute approximate surface area is 168 Å². The predicted molar refractivity (Wildman–Crippen MR) is 110 cm³/mol. The first-order chi connectivity index (χ1) is 14.2. The summed E-state index contributed by atoms with van der Waals surface area (Å²) in [6.07, 6.45) is 0. The number of esters is 1. The van der Waals surface area contributed by atoms with Gasteiger partial charge in [0.1, 0.15) is 35.0 Å². The van der Waals surface area contributed by atoms with Crippen molar-refractivity contribution in [2.24, 2.45) is 0 Å². The Morgan fingerprint density at radius 3 is 2.48 bits per heavy atom. The number of hydrogen-bond acceptors (Lipinski definition) is 5. The van der Waals surface area contributed by atoms with Gasteiger partial charge in [0.15, 0.2) is 0 Å². The first-order valence-corrected chi connectivity index (χ1v) is 9.35. The molecule has 4 rings (SSSR count). The highest BCUT2D eigenvalue weighted by Crippen LogP contribution is 2.36. The molecule has 0 bridgehead atoms. The number of rotatable bonds is 6. The standard InChI is InChI=1S/C24H20O5/c1-2-27-24(26)22-20-14-18(25)10-13-21(20)29-23(22)17-8-11-19(12-9-17)28-15-16-6-4-3-5-7-16/h3-14,25H,2,15H2,1H3. The number of carbonyl (C=O) groups excluding carboxylic acids is 1. The lowest BCUT2D eigenvalue weighted by atomic mass is 10.1. The van der Waals surface area contributed by atoms with Gasteiger partial charge in [-0.05, 0) is 55.0 Å². The van der Waals surface area contributed by atoms with Crippen molar-refractivity contribution in [3.8, 4) is 22.8 Å². The minimum absolute atomic E-state index is 0.0556. The number of aromatic hydroxyl groups is 1. The van der Waals surface area contributed by atoms with Gasteiger partial charge in [0.25, 0.3) is 0 Å². The third-order valence-electron chi connectivity index (χ3n) is 4.52. The number of phenols is 1. The van der Waals surface area contributed by atoms with Crippen LogP contribution >= 0.6 is 0 Å². The van der Waals surface area contributed by atoms with Gasteiger partial charge in [-0.15, -0.1) is 0 Å². The maximum Gasteiger partial charge on any atom is 0.342 e. The molecule has 0 atom stereocenters. The molecule has 0 aliphatic rings. The second kappa shape index (κ2) is 8.10. The van der Waals surface area contributed by atoms with Gasteiger partial charge in [0, 0.05) is 10.9 Å². The summed E-state index contributed by atoms with van der Waals surface area (Å²) >= 11 is 0. The highest BCUT2D eigenvalue weighted by Gasteiger charge is 2.23. The zero-order valence-corrected chi connectivity index (χ0v) is 15.9. The maximum absolute atomic E-state index is 12.6.